The zero-order valence-electron chi connectivity index (χ0n) is 10.2. The molecular formula is C11H14FNO4S. The number of sulfonamides is 1. The van der Waals surface area contributed by atoms with Gasteiger partial charge in [0.05, 0.1) is 16.0 Å². The molecule has 0 spiro atoms. The fourth-order valence-electron chi connectivity index (χ4n) is 1.08. The summed E-state index contributed by atoms with van der Waals surface area (Å²) in [6.45, 7) is 4.41. The molecule has 0 radical (unpaired) electrons. The molecule has 2 N–H and O–H groups in total. The minimum Gasteiger partial charge on any atom is -0.478 e. The molecule has 5 nitrogen and oxygen atoms in total. The van der Waals surface area contributed by atoms with E-state index in [1.54, 1.807) is 0 Å². The van der Waals surface area contributed by atoms with Crippen LogP contribution in [-0.4, -0.2) is 24.2 Å². The van der Waals surface area contributed by atoms with E-state index in [4.69, 9.17) is 5.11 Å². The van der Waals surface area contributed by atoms with E-state index in [2.05, 4.69) is 4.72 Å². The molecule has 0 amide bonds. The maximum atomic E-state index is 12.9. The lowest BCUT2D eigenvalue weighted by atomic mass is 10.2. The molecule has 18 heavy (non-hydrogen) atoms. The molecule has 1 aromatic carbocycles. The fraction of sp³-hybridized carbons (Fsp3) is 0.364. The molecule has 0 heterocycles. The number of benzene rings is 1. The average molecular weight is 275 g/mol. The molecule has 7 heteroatoms. The van der Waals surface area contributed by atoms with Gasteiger partial charge in [-0.15, -0.1) is 0 Å². The van der Waals surface area contributed by atoms with Crippen molar-refractivity contribution in [1.29, 1.82) is 0 Å². The summed E-state index contributed by atoms with van der Waals surface area (Å²) < 4.78 is 37.8. The molecule has 0 aliphatic carbocycles. The van der Waals surface area contributed by atoms with Gasteiger partial charge in [-0.3, -0.25) is 4.72 Å². The number of aromatic carboxylic acids is 1. The van der Waals surface area contributed by atoms with Crippen molar-refractivity contribution in [3.63, 3.8) is 0 Å². The molecule has 0 aliphatic heterocycles. The van der Waals surface area contributed by atoms with Crippen LogP contribution in [0.5, 0.6) is 0 Å². The van der Waals surface area contributed by atoms with Crippen molar-refractivity contribution < 1.29 is 22.7 Å². The molecule has 0 atom stereocenters. The second-order valence-corrected chi connectivity index (χ2v) is 7.15. The van der Waals surface area contributed by atoms with Crippen molar-refractivity contribution in [2.45, 2.75) is 25.5 Å². The van der Waals surface area contributed by atoms with Crippen LogP contribution in [0.4, 0.5) is 10.1 Å². The van der Waals surface area contributed by atoms with Gasteiger partial charge in [-0.05, 0) is 39.0 Å². The summed E-state index contributed by atoms with van der Waals surface area (Å²) in [6, 6.07) is 2.85. The van der Waals surface area contributed by atoms with Gasteiger partial charge in [-0.2, -0.15) is 0 Å². The van der Waals surface area contributed by atoms with Crippen LogP contribution < -0.4 is 4.72 Å². The number of carboxylic acid groups (broad SMARTS) is 1. The van der Waals surface area contributed by atoms with Gasteiger partial charge in [0, 0.05) is 0 Å². The first-order chi connectivity index (χ1) is 8.04. The first kappa shape index (κ1) is 14.4. The monoisotopic (exact) mass is 275 g/mol. The van der Waals surface area contributed by atoms with Crippen LogP contribution in [0.15, 0.2) is 18.2 Å². The van der Waals surface area contributed by atoms with Crippen LogP contribution in [-0.2, 0) is 10.0 Å². The van der Waals surface area contributed by atoms with Crippen LogP contribution in [0.1, 0.15) is 31.1 Å². The Balaban J connectivity index is 3.25. The lowest BCUT2D eigenvalue weighted by molar-refractivity contribution is 0.0697. The second-order valence-electron chi connectivity index (χ2n) is 4.71. The van der Waals surface area contributed by atoms with Gasteiger partial charge < -0.3 is 5.11 Å². The SMILES string of the molecule is CC(C)(C)S(=O)(=O)Nc1ccc(F)cc1C(=O)O. The highest BCUT2D eigenvalue weighted by Crippen LogP contribution is 2.23. The fourth-order valence-corrected chi connectivity index (χ4v) is 1.85. The summed E-state index contributed by atoms with van der Waals surface area (Å²) in [7, 11) is -3.76. The maximum absolute atomic E-state index is 12.9. The van der Waals surface area contributed by atoms with E-state index in [-0.39, 0.29) is 5.69 Å². The van der Waals surface area contributed by atoms with E-state index < -0.39 is 32.1 Å². The normalized spacial score (nSPS) is 12.2. The van der Waals surface area contributed by atoms with Crippen molar-refractivity contribution in [2.24, 2.45) is 0 Å². The van der Waals surface area contributed by atoms with Crippen molar-refractivity contribution in [2.75, 3.05) is 4.72 Å². The van der Waals surface area contributed by atoms with Gasteiger partial charge in [-0.1, -0.05) is 0 Å². The average Bonchev–Trinajstić information content (AvgIpc) is 2.18. The second kappa shape index (κ2) is 4.56. The highest BCUT2D eigenvalue weighted by molar-refractivity contribution is 7.94. The lowest BCUT2D eigenvalue weighted by Crippen LogP contribution is -2.34. The standard InChI is InChI=1S/C11H14FNO4S/c1-11(2,3)18(16,17)13-9-5-4-7(12)6-8(9)10(14)15/h4-6,13H,1-3H3,(H,14,15). The van der Waals surface area contributed by atoms with Gasteiger partial charge in [-0.25, -0.2) is 17.6 Å². The molecule has 0 bridgehead atoms. The first-order valence-electron chi connectivity index (χ1n) is 5.10. The Hall–Kier alpha value is -1.63. The molecule has 0 aliphatic rings. The third-order valence-electron chi connectivity index (χ3n) is 2.26. The zero-order valence-corrected chi connectivity index (χ0v) is 11.0. The van der Waals surface area contributed by atoms with Gasteiger partial charge >= 0.3 is 5.97 Å². The van der Waals surface area contributed by atoms with E-state index in [0.717, 1.165) is 18.2 Å². The minimum absolute atomic E-state index is 0.154. The molecule has 100 valence electrons. The third-order valence-corrected chi connectivity index (χ3v) is 4.36. The molecule has 0 unspecified atom stereocenters. The Morgan fingerprint density at radius 2 is 1.89 bits per heavy atom. The Bertz CT molecular complexity index is 575. The van der Waals surface area contributed by atoms with E-state index >= 15 is 0 Å². The molecule has 1 rings (SSSR count). The van der Waals surface area contributed by atoms with Crippen LogP contribution in [0.25, 0.3) is 0 Å². The highest BCUT2D eigenvalue weighted by Gasteiger charge is 2.30. The molecule has 0 saturated carbocycles. The number of rotatable bonds is 3. The number of carbonyl (C=O) groups is 1. The number of halogens is 1. The van der Waals surface area contributed by atoms with Crippen LogP contribution >= 0.6 is 0 Å². The lowest BCUT2D eigenvalue weighted by Gasteiger charge is -2.21. The number of carboxylic acids is 1. The predicted octanol–water partition coefficient (Wildman–Crippen LogP) is 2.06. The predicted molar refractivity (Wildman–Crippen MR) is 65.7 cm³/mol. The van der Waals surface area contributed by atoms with Crippen LogP contribution in [0.2, 0.25) is 0 Å². The molecule has 0 saturated heterocycles. The van der Waals surface area contributed by atoms with Crippen molar-refractivity contribution >= 4 is 21.7 Å². The Morgan fingerprint density at radius 1 is 1.33 bits per heavy atom. The van der Waals surface area contributed by atoms with Gasteiger partial charge in [0.15, 0.2) is 0 Å². The Kier molecular flexibility index (Phi) is 3.66. The number of anilines is 1. The third kappa shape index (κ3) is 2.98. The van der Waals surface area contributed by atoms with E-state index in [0.29, 0.717) is 0 Å². The number of hydrogen-bond acceptors (Lipinski definition) is 3. The Morgan fingerprint density at radius 3 is 2.33 bits per heavy atom. The van der Waals surface area contributed by atoms with Gasteiger partial charge in [0.25, 0.3) is 0 Å². The molecule has 0 aromatic heterocycles. The minimum atomic E-state index is -3.76. The summed E-state index contributed by atoms with van der Waals surface area (Å²) in [5, 5.41) is 8.89. The van der Waals surface area contributed by atoms with Crippen molar-refractivity contribution in [1.82, 2.24) is 0 Å². The molecular weight excluding hydrogens is 261 g/mol. The zero-order chi connectivity index (χ0) is 14.1. The summed E-state index contributed by atoms with van der Waals surface area (Å²) in [4.78, 5) is 10.9. The van der Waals surface area contributed by atoms with Gasteiger partial charge in [0.2, 0.25) is 10.0 Å². The summed E-state index contributed by atoms with van der Waals surface area (Å²) in [5.74, 6) is -2.15. The Labute approximate surface area is 105 Å². The van der Waals surface area contributed by atoms with Crippen molar-refractivity contribution in [3.8, 4) is 0 Å². The van der Waals surface area contributed by atoms with Crippen LogP contribution in [0.3, 0.4) is 0 Å². The smallest absolute Gasteiger partial charge is 0.337 e. The number of hydrogen-bond donors (Lipinski definition) is 2. The van der Waals surface area contributed by atoms with E-state index in [9.17, 15) is 17.6 Å². The quantitative estimate of drug-likeness (QED) is 0.884. The molecule has 0 fully saturated rings. The van der Waals surface area contributed by atoms with Gasteiger partial charge in [0.1, 0.15) is 5.82 Å². The van der Waals surface area contributed by atoms with Crippen LogP contribution in [0, 0.1) is 5.82 Å². The highest BCUT2D eigenvalue weighted by atomic mass is 32.2. The van der Waals surface area contributed by atoms with E-state index in [1.165, 1.54) is 20.8 Å². The van der Waals surface area contributed by atoms with Crippen molar-refractivity contribution in [3.05, 3.63) is 29.6 Å². The number of nitrogens with one attached hydrogen (secondary N) is 1. The topological polar surface area (TPSA) is 83.5 Å². The molecule has 1 aromatic rings. The first-order valence-corrected chi connectivity index (χ1v) is 6.58. The summed E-state index contributed by atoms with van der Waals surface area (Å²) >= 11 is 0. The van der Waals surface area contributed by atoms with E-state index in [1.807, 2.05) is 0 Å². The summed E-state index contributed by atoms with van der Waals surface area (Å²) in [5.41, 5.74) is -0.582. The maximum Gasteiger partial charge on any atom is 0.337 e. The largest absolute Gasteiger partial charge is 0.478 e. The summed E-state index contributed by atoms with van der Waals surface area (Å²) in [6.07, 6.45) is 0.